The maximum Gasteiger partial charge on any atom is 0.161 e. The molecule has 1 atom stereocenters. The van der Waals surface area contributed by atoms with Gasteiger partial charge >= 0.3 is 0 Å². The van der Waals surface area contributed by atoms with Crippen molar-refractivity contribution in [3.63, 3.8) is 0 Å². The summed E-state index contributed by atoms with van der Waals surface area (Å²) in [5.74, 6) is -0.800. The van der Waals surface area contributed by atoms with Gasteiger partial charge in [-0.3, -0.25) is 0 Å². The van der Waals surface area contributed by atoms with E-state index in [-0.39, 0.29) is 17.0 Å². The van der Waals surface area contributed by atoms with Gasteiger partial charge in [-0.15, -0.1) is 0 Å². The van der Waals surface area contributed by atoms with Gasteiger partial charge in [0, 0.05) is 11.3 Å². The summed E-state index contributed by atoms with van der Waals surface area (Å²) in [7, 11) is -3.65. The van der Waals surface area contributed by atoms with E-state index < -0.39 is 27.5 Å². The number of hydrogen-bond donors (Lipinski definition) is 2. The molecular formula is C11H14FNO4S. The third-order valence-electron chi connectivity index (χ3n) is 2.53. The van der Waals surface area contributed by atoms with Crippen molar-refractivity contribution in [2.45, 2.75) is 12.2 Å². The first-order chi connectivity index (χ1) is 8.46. The van der Waals surface area contributed by atoms with E-state index in [0.717, 1.165) is 6.07 Å². The number of sulfone groups is 1. The molecule has 0 heterocycles. The van der Waals surface area contributed by atoms with Crippen LogP contribution < -0.4 is 0 Å². The maximum atomic E-state index is 13.1. The molecule has 0 radical (unpaired) electrons. The number of aliphatic hydroxyl groups is 1. The lowest BCUT2D eigenvalue weighted by Crippen LogP contribution is -2.35. The van der Waals surface area contributed by atoms with Crippen molar-refractivity contribution in [1.29, 1.82) is 0 Å². The van der Waals surface area contributed by atoms with Gasteiger partial charge in [0.05, 0.1) is 6.61 Å². The zero-order chi connectivity index (χ0) is 13.8. The van der Waals surface area contributed by atoms with Crippen LogP contribution in [0.2, 0.25) is 0 Å². The third-order valence-corrected chi connectivity index (χ3v) is 4.58. The van der Waals surface area contributed by atoms with E-state index in [1.54, 1.807) is 0 Å². The number of halogens is 1. The molecule has 0 aliphatic rings. The van der Waals surface area contributed by atoms with Crippen molar-refractivity contribution < 1.29 is 23.1 Å². The molecule has 1 aromatic rings. The fourth-order valence-electron chi connectivity index (χ4n) is 1.53. The lowest BCUT2D eigenvalue weighted by atomic mass is 10.1. The van der Waals surface area contributed by atoms with Crippen LogP contribution in [0.15, 0.2) is 29.4 Å². The van der Waals surface area contributed by atoms with Gasteiger partial charge in [-0.2, -0.15) is 0 Å². The molecule has 0 amide bonds. The molecule has 1 rings (SSSR count). The Hall–Kier alpha value is -1.47. The Bertz CT molecular complexity index is 542. The Morgan fingerprint density at radius 1 is 1.50 bits per heavy atom. The second-order valence-corrected chi connectivity index (χ2v) is 6.09. The summed E-state index contributed by atoms with van der Waals surface area (Å²) in [4.78, 5) is 0. The van der Waals surface area contributed by atoms with Crippen molar-refractivity contribution >= 4 is 15.5 Å². The number of rotatable bonds is 5. The second-order valence-electron chi connectivity index (χ2n) is 3.62. The standard InChI is InChI=1S/C11H14FNO4S/c1-2-18(16,17)10(7-14)11(13-15)8-4-3-5-9(12)6-8/h3-6,10,14-15H,2,7H2,1H3/b13-11+. The third kappa shape index (κ3) is 3.05. The van der Waals surface area contributed by atoms with E-state index in [4.69, 9.17) is 10.3 Å². The predicted octanol–water partition coefficient (Wildman–Crippen LogP) is 0.800. The van der Waals surface area contributed by atoms with Gasteiger partial charge in [0.1, 0.15) is 16.8 Å². The molecule has 18 heavy (non-hydrogen) atoms. The van der Waals surface area contributed by atoms with Gasteiger partial charge < -0.3 is 10.3 Å². The highest BCUT2D eigenvalue weighted by Crippen LogP contribution is 2.13. The van der Waals surface area contributed by atoms with Crippen LogP contribution in [0.25, 0.3) is 0 Å². The summed E-state index contributed by atoms with van der Waals surface area (Å²) < 4.78 is 36.5. The molecule has 0 aliphatic heterocycles. The molecule has 5 nitrogen and oxygen atoms in total. The highest BCUT2D eigenvalue weighted by Gasteiger charge is 2.30. The Morgan fingerprint density at radius 3 is 2.61 bits per heavy atom. The van der Waals surface area contributed by atoms with Crippen LogP contribution >= 0.6 is 0 Å². The van der Waals surface area contributed by atoms with E-state index in [2.05, 4.69) is 5.16 Å². The van der Waals surface area contributed by atoms with Crippen molar-refractivity contribution in [3.8, 4) is 0 Å². The number of hydrogen-bond acceptors (Lipinski definition) is 5. The summed E-state index contributed by atoms with van der Waals surface area (Å²) in [6, 6.07) is 5.00. The zero-order valence-corrected chi connectivity index (χ0v) is 10.6. The van der Waals surface area contributed by atoms with E-state index in [0.29, 0.717) is 0 Å². The molecule has 0 aromatic heterocycles. The van der Waals surface area contributed by atoms with E-state index >= 15 is 0 Å². The number of nitrogens with zero attached hydrogens (tertiary/aromatic N) is 1. The number of oxime groups is 1. The molecule has 2 N–H and O–H groups in total. The van der Waals surface area contributed by atoms with Gasteiger partial charge in [-0.25, -0.2) is 12.8 Å². The molecule has 0 aliphatic carbocycles. The van der Waals surface area contributed by atoms with Crippen LogP contribution in [-0.4, -0.2) is 42.1 Å². The average molecular weight is 275 g/mol. The topological polar surface area (TPSA) is 87.0 Å². The van der Waals surface area contributed by atoms with Crippen molar-refractivity contribution in [2.24, 2.45) is 5.16 Å². The largest absolute Gasteiger partial charge is 0.411 e. The minimum Gasteiger partial charge on any atom is -0.411 e. The molecule has 0 saturated carbocycles. The first-order valence-corrected chi connectivity index (χ1v) is 6.98. The quantitative estimate of drug-likeness (QED) is 0.473. The monoisotopic (exact) mass is 275 g/mol. The fourth-order valence-corrected chi connectivity index (χ4v) is 2.68. The lowest BCUT2D eigenvalue weighted by molar-refractivity contribution is 0.296. The van der Waals surface area contributed by atoms with Crippen LogP contribution in [0.3, 0.4) is 0 Å². The first kappa shape index (κ1) is 14.6. The van der Waals surface area contributed by atoms with Crippen LogP contribution in [0.1, 0.15) is 12.5 Å². The van der Waals surface area contributed by atoms with Gasteiger partial charge in [-0.1, -0.05) is 24.2 Å². The normalized spacial score (nSPS) is 14.5. The SMILES string of the molecule is CCS(=O)(=O)C(CO)/C(=N/O)c1cccc(F)c1. The van der Waals surface area contributed by atoms with Crippen LogP contribution in [0, 0.1) is 5.82 Å². The summed E-state index contributed by atoms with van der Waals surface area (Å²) in [6.45, 7) is 0.685. The zero-order valence-electron chi connectivity index (χ0n) is 9.75. The smallest absolute Gasteiger partial charge is 0.161 e. The Balaban J connectivity index is 3.26. The minimum atomic E-state index is -3.65. The van der Waals surface area contributed by atoms with Gasteiger partial charge in [0.25, 0.3) is 0 Å². The Morgan fingerprint density at radius 2 is 2.17 bits per heavy atom. The predicted molar refractivity (Wildman–Crippen MR) is 65.1 cm³/mol. The summed E-state index contributed by atoms with van der Waals surface area (Å²) in [5.41, 5.74) is -0.146. The maximum absolute atomic E-state index is 13.1. The average Bonchev–Trinajstić information content (AvgIpc) is 2.35. The molecule has 0 spiro atoms. The lowest BCUT2D eigenvalue weighted by Gasteiger charge is -2.15. The Kier molecular flexibility index (Phi) is 4.80. The van der Waals surface area contributed by atoms with Crippen LogP contribution in [0.5, 0.6) is 0 Å². The fraction of sp³-hybridized carbons (Fsp3) is 0.364. The first-order valence-electron chi connectivity index (χ1n) is 5.26. The molecule has 0 saturated heterocycles. The Labute approximate surface area is 104 Å². The molecule has 1 unspecified atom stereocenters. The van der Waals surface area contributed by atoms with Gasteiger partial charge in [0.15, 0.2) is 9.84 Å². The molecule has 0 fully saturated rings. The molecule has 1 aromatic carbocycles. The highest BCUT2D eigenvalue weighted by atomic mass is 32.2. The molecular weight excluding hydrogens is 261 g/mol. The van der Waals surface area contributed by atoms with Gasteiger partial charge in [-0.05, 0) is 12.1 Å². The molecule has 7 heteroatoms. The summed E-state index contributed by atoms with van der Waals surface area (Å²) >= 11 is 0. The van der Waals surface area contributed by atoms with E-state index in [9.17, 15) is 12.8 Å². The summed E-state index contributed by atoms with van der Waals surface area (Å²) in [5, 5.41) is 19.6. The van der Waals surface area contributed by atoms with E-state index in [1.165, 1.54) is 25.1 Å². The highest BCUT2D eigenvalue weighted by molar-refractivity contribution is 7.92. The second kappa shape index (κ2) is 5.92. The van der Waals surface area contributed by atoms with Crippen molar-refractivity contribution in [3.05, 3.63) is 35.6 Å². The van der Waals surface area contributed by atoms with Crippen molar-refractivity contribution in [1.82, 2.24) is 0 Å². The molecule has 100 valence electrons. The van der Waals surface area contributed by atoms with Crippen LogP contribution in [-0.2, 0) is 9.84 Å². The van der Waals surface area contributed by atoms with Gasteiger partial charge in [0.2, 0.25) is 0 Å². The summed E-state index contributed by atoms with van der Waals surface area (Å²) in [6.07, 6.45) is 0. The van der Waals surface area contributed by atoms with E-state index in [1.807, 2.05) is 0 Å². The number of aliphatic hydroxyl groups excluding tert-OH is 1. The molecule has 0 bridgehead atoms. The number of benzene rings is 1. The van der Waals surface area contributed by atoms with Crippen molar-refractivity contribution in [2.75, 3.05) is 12.4 Å². The van der Waals surface area contributed by atoms with Crippen LogP contribution in [0.4, 0.5) is 4.39 Å². The minimum absolute atomic E-state index is 0.119.